The number of nitro groups is 1. The maximum atomic E-state index is 11.2. The molecule has 0 atom stereocenters. The maximum Gasteiger partial charge on any atom is 0.333 e. The van der Waals surface area contributed by atoms with Gasteiger partial charge in [0.15, 0.2) is 5.75 Å². The van der Waals surface area contributed by atoms with Crippen LogP contribution in [0.2, 0.25) is 0 Å². The monoisotopic (exact) mass is 282 g/mol. The normalized spacial score (nSPS) is 11.2. The number of benzene rings is 1. The Morgan fingerprint density at radius 2 is 2.15 bits per heavy atom. The van der Waals surface area contributed by atoms with E-state index in [0.717, 1.165) is 0 Å². The van der Waals surface area contributed by atoms with Gasteiger partial charge < -0.3 is 15.2 Å². The Bertz CT molecular complexity index is 460. The van der Waals surface area contributed by atoms with E-state index in [4.69, 9.17) is 9.84 Å². The molecule has 1 aromatic rings. The molecule has 0 saturated heterocycles. The van der Waals surface area contributed by atoms with E-state index in [1.165, 1.54) is 0 Å². The van der Waals surface area contributed by atoms with Gasteiger partial charge in [-0.2, -0.15) is 0 Å². The van der Waals surface area contributed by atoms with Gasteiger partial charge in [0.05, 0.1) is 11.5 Å². The number of aliphatic hydroxyl groups excluding tert-OH is 1. The molecule has 0 aromatic heterocycles. The smallest absolute Gasteiger partial charge is 0.333 e. The molecular weight excluding hydrogens is 260 g/mol. The van der Waals surface area contributed by atoms with Crippen molar-refractivity contribution in [3.05, 3.63) is 28.3 Å². The first-order chi connectivity index (χ1) is 9.41. The number of nitrogens with one attached hydrogen (secondary N) is 1. The van der Waals surface area contributed by atoms with Crippen LogP contribution < -0.4 is 10.1 Å². The van der Waals surface area contributed by atoms with Crippen molar-refractivity contribution in [2.75, 3.05) is 25.1 Å². The quantitative estimate of drug-likeness (QED) is 0.565. The van der Waals surface area contributed by atoms with Crippen molar-refractivity contribution in [2.45, 2.75) is 27.2 Å². The second kappa shape index (κ2) is 7.09. The molecule has 0 radical (unpaired) electrons. The Morgan fingerprint density at radius 1 is 1.45 bits per heavy atom. The fourth-order valence-electron chi connectivity index (χ4n) is 1.85. The van der Waals surface area contributed by atoms with E-state index < -0.39 is 4.92 Å². The fourth-order valence-corrected chi connectivity index (χ4v) is 1.85. The molecule has 112 valence electrons. The van der Waals surface area contributed by atoms with Gasteiger partial charge in [-0.05, 0) is 30.9 Å². The standard InChI is InChI=1S/C14H22N2O4/c1-4-20-12-7-5-6-11(13(12)16(18)19)15-10-14(2,3)8-9-17/h5-7,15,17H,4,8-10H2,1-3H3. The predicted octanol–water partition coefficient (Wildman–Crippen LogP) is 2.81. The number of nitro benzene ring substituents is 1. The van der Waals surface area contributed by atoms with Gasteiger partial charge in [-0.25, -0.2) is 0 Å². The van der Waals surface area contributed by atoms with Crippen LogP contribution in [0.25, 0.3) is 0 Å². The molecule has 0 aliphatic heterocycles. The summed E-state index contributed by atoms with van der Waals surface area (Å²) in [7, 11) is 0. The molecule has 1 rings (SSSR count). The third-order valence-corrected chi connectivity index (χ3v) is 3.03. The Kier molecular flexibility index (Phi) is 5.76. The number of para-hydroxylation sites is 1. The molecule has 6 nitrogen and oxygen atoms in total. The number of nitrogens with zero attached hydrogens (tertiary/aromatic N) is 1. The third kappa shape index (κ3) is 4.38. The molecule has 2 N–H and O–H groups in total. The van der Waals surface area contributed by atoms with Crippen LogP contribution >= 0.6 is 0 Å². The van der Waals surface area contributed by atoms with E-state index >= 15 is 0 Å². The fraction of sp³-hybridized carbons (Fsp3) is 0.571. The summed E-state index contributed by atoms with van der Waals surface area (Å²) in [5.74, 6) is 0.266. The molecule has 0 spiro atoms. The number of hydrogen-bond donors (Lipinski definition) is 2. The van der Waals surface area contributed by atoms with Gasteiger partial charge in [0, 0.05) is 13.2 Å². The SMILES string of the molecule is CCOc1cccc(NCC(C)(C)CCO)c1[N+](=O)[O-]. The number of ether oxygens (including phenoxy) is 1. The molecule has 0 amide bonds. The molecule has 0 unspecified atom stereocenters. The van der Waals surface area contributed by atoms with Crippen molar-refractivity contribution < 1.29 is 14.8 Å². The number of aliphatic hydroxyl groups is 1. The third-order valence-electron chi connectivity index (χ3n) is 3.03. The Balaban J connectivity index is 2.94. The van der Waals surface area contributed by atoms with Crippen molar-refractivity contribution in [1.82, 2.24) is 0 Å². The van der Waals surface area contributed by atoms with Crippen LogP contribution in [-0.2, 0) is 0 Å². The lowest BCUT2D eigenvalue weighted by Crippen LogP contribution is -2.24. The van der Waals surface area contributed by atoms with Crippen LogP contribution in [-0.4, -0.2) is 29.8 Å². The van der Waals surface area contributed by atoms with Gasteiger partial charge in [0.2, 0.25) is 0 Å². The van der Waals surface area contributed by atoms with Crippen molar-refractivity contribution >= 4 is 11.4 Å². The van der Waals surface area contributed by atoms with Crippen molar-refractivity contribution in [2.24, 2.45) is 5.41 Å². The van der Waals surface area contributed by atoms with Crippen molar-refractivity contribution in [3.63, 3.8) is 0 Å². The van der Waals surface area contributed by atoms with Crippen LogP contribution in [0.1, 0.15) is 27.2 Å². The van der Waals surface area contributed by atoms with E-state index in [-0.39, 0.29) is 23.5 Å². The Hall–Kier alpha value is -1.82. The lowest BCUT2D eigenvalue weighted by Gasteiger charge is -2.24. The summed E-state index contributed by atoms with van der Waals surface area (Å²) < 4.78 is 5.30. The zero-order valence-electron chi connectivity index (χ0n) is 12.2. The number of rotatable bonds is 8. The topological polar surface area (TPSA) is 84.6 Å². The van der Waals surface area contributed by atoms with Gasteiger partial charge in [-0.1, -0.05) is 19.9 Å². The number of hydrogen-bond acceptors (Lipinski definition) is 5. The zero-order chi connectivity index (χ0) is 15.2. The molecule has 20 heavy (non-hydrogen) atoms. The molecule has 0 fully saturated rings. The molecule has 0 heterocycles. The highest BCUT2D eigenvalue weighted by atomic mass is 16.6. The molecule has 0 saturated carbocycles. The average Bonchev–Trinajstić information content (AvgIpc) is 2.36. The summed E-state index contributed by atoms with van der Waals surface area (Å²) in [5.41, 5.74) is 0.241. The number of anilines is 1. The van der Waals surface area contributed by atoms with Crippen LogP contribution in [0.4, 0.5) is 11.4 Å². The molecule has 6 heteroatoms. The summed E-state index contributed by atoms with van der Waals surface area (Å²) in [6.07, 6.45) is 0.624. The van der Waals surface area contributed by atoms with Crippen LogP contribution in [0.3, 0.4) is 0 Å². The van der Waals surface area contributed by atoms with E-state index in [1.807, 2.05) is 13.8 Å². The van der Waals surface area contributed by atoms with Crippen LogP contribution in [0.15, 0.2) is 18.2 Å². The van der Waals surface area contributed by atoms with Crippen LogP contribution in [0.5, 0.6) is 5.75 Å². The minimum atomic E-state index is -0.438. The second-order valence-corrected chi connectivity index (χ2v) is 5.33. The molecule has 0 bridgehead atoms. The lowest BCUT2D eigenvalue weighted by atomic mass is 9.89. The second-order valence-electron chi connectivity index (χ2n) is 5.33. The maximum absolute atomic E-state index is 11.2. The first-order valence-corrected chi connectivity index (χ1v) is 6.66. The van der Waals surface area contributed by atoms with Gasteiger partial charge in [-0.3, -0.25) is 10.1 Å². The van der Waals surface area contributed by atoms with Gasteiger partial charge in [0.25, 0.3) is 0 Å². The first-order valence-electron chi connectivity index (χ1n) is 6.66. The van der Waals surface area contributed by atoms with E-state index in [1.54, 1.807) is 25.1 Å². The molecule has 0 aliphatic rings. The van der Waals surface area contributed by atoms with E-state index in [2.05, 4.69) is 5.32 Å². The highest BCUT2D eigenvalue weighted by molar-refractivity contribution is 5.68. The largest absolute Gasteiger partial charge is 0.487 e. The van der Waals surface area contributed by atoms with Gasteiger partial charge in [-0.15, -0.1) is 0 Å². The molecule has 0 aliphatic carbocycles. The summed E-state index contributed by atoms with van der Waals surface area (Å²) in [4.78, 5) is 10.8. The zero-order valence-corrected chi connectivity index (χ0v) is 12.2. The van der Waals surface area contributed by atoms with E-state index in [0.29, 0.717) is 25.3 Å². The minimum absolute atomic E-state index is 0.0471. The summed E-state index contributed by atoms with van der Waals surface area (Å²) in [6.45, 7) is 6.77. The molecule has 1 aromatic carbocycles. The molecular formula is C14H22N2O4. The minimum Gasteiger partial charge on any atom is -0.487 e. The Morgan fingerprint density at radius 3 is 2.70 bits per heavy atom. The summed E-state index contributed by atoms with van der Waals surface area (Å²) in [5, 5.41) is 23.3. The van der Waals surface area contributed by atoms with Crippen molar-refractivity contribution in [1.29, 1.82) is 0 Å². The summed E-state index contributed by atoms with van der Waals surface area (Å²) in [6, 6.07) is 4.97. The average molecular weight is 282 g/mol. The van der Waals surface area contributed by atoms with E-state index in [9.17, 15) is 10.1 Å². The highest BCUT2D eigenvalue weighted by Gasteiger charge is 2.23. The Labute approximate surface area is 118 Å². The van der Waals surface area contributed by atoms with Gasteiger partial charge in [0.1, 0.15) is 5.69 Å². The predicted molar refractivity (Wildman–Crippen MR) is 78.2 cm³/mol. The van der Waals surface area contributed by atoms with Crippen LogP contribution in [0, 0.1) is 15.5 Å². The first kappa shape index (κ1) is 16.2. The lowest BCUT2D eigenvalue weighted by molar-refractivity contribution is -0.384. The van der Waals surface area contributed by atoms with Gasteiger partial charge >= 0.3 is 5.69 Å². The van der Waals surface area contributed by atoms with Crippen molar-refractivity contribution in [3.8, 4) is 5.75 Å². The highest BCUT2D eigenvalue weighted by Crippen LogP contribution is 2.35. The summed E-state index contributed by atoms with van der Waals surface area (Å²) >= 11 is 0.